The van der Waals surface area contributed by atoms with Crippen molar-refractivity contribution in [3.05, 3.63) is 90.3 Å². The number of likely N-dealkylation sites (N-methyl/N-ethyl adjacent to an activating group) is 1. The number of carbonyl (C=O) groups excluding carboxylic acids is 4. The molecule has 1 N–H and O–H groups in total. The van der Waals surface area contributed by atoms with Gasteiger partial charge in [-0.1, -0.05) is 18.2 Å². The summed E-state index contributed by atoms with van der Waals surface area (Å²) in [5.41, 5.74) is 2.42. The highest BCUT2D eigenvalue weighted by molar-refractivity contribution is 9.12. The molecule has 0 saturated heterocycles. The maximum atomic E-state index is 13.9. The number of benzene rings is 1. The van der Waals surface area contributed by atoms with E-state index in [1.165, 1.54) is 6.07 Å². The van der Waals surface area contributed by atoms with Gasteiger partial charge in [-0.15, -0.1) is 0 Å². The van der Waals surface area contributed by atoms with E-state index in [9.17, 15) is 24.0 Å². The van der Waals surface area contributed by atoms with Gasteiger partial charge in [0.05, 0.1) is 27.7 Å². The molecule has 7 nitrogen and oxygen atoms in total. The van der Waals surface area contributed by atoms with Gasteiger partial charge >= 0.3 is 0 Å². The van der Waals surface area contributed by atoms with Crippen LogP contribution in [0.15, 0.2) is 62.4 Å². The third-order valence-corrected chi connectivity index (χ3v) is 7.46. The van der Waals surface area contributed by atoms with Crippen molar-refractivity contribution in [1.82, 2.24) is 4.98 Å². The Labute approximate surface area is 195 Å². The number of aromatic amines is 1. The standard InChI is InChI=1S/C25H15BrN2O5/c1-9-7-14(30)27-21-15(9)24(32)18-16-10-5-3-4-6-12(10)28(2)22(16)20-17(19(18)25(21)33)13(29)8-11(26)23(20)31/h3-8,19,22H,1-2H3,(H,27,30). The van der Waals surface area contributed by atoms with Crippen LogP contribution in [0.5, 0.6) is 0 Å². The number of H-pyrrole nitrogens is 1. The molecule has 0 bridgehead atoms. The Morgan fingerprint density at radius 2 is 1.67 bits per heavy atom. The lowest BCUT2D eigenvalue weighted by Crippen LogP contribution is -2.46. The molecule has 6 rings (SSSR count). The van der Waals surface area contributed by atoms with E-state index in [0.29, 0.717) is 11.1 Å². The summed E-state index contributed by atoms with van der Waals surface area (Å²) < 4.78 is 0.109. The summed E-state index contributed by atoms with van der Waals surface area (Å²) in [5.74, 6) is -3.11. The molecular formula is C25H15BrN2O5. The summed E-state index contributed by atoms with van der Waals surface area (Å²) in [4.78, 5) is 70.7. The first-order chi connectivity index (χ1) is 15.7. The van der Waals surface area contributed by atoms with Crippen LogP contribution in [0.2, 0.25) is 0 Å². The van der Waals surface area contributed by atoms with Gasteiger partial charge in [-0.2, -0.15) is 0 Å². The van der Waals surface area contributed by atoms with Crippen LogP contribution in [-0.4, -0.2) is 41.2 Å². The molecule has 33 heavy (non-hydrogen) atoms. The molecule has 0 radical (unpaired) electrons. The van der Waals surface area contributed by atoms with Gasteiger partial charge in [-0.3, -0.25) is 24.0 Å². The molecule has 1 aromatic heterocycles. The van der Waals surface area contributed by atoms with Crippen LogP contribution in [0.3, 0.4) is 0 Å². The minimum atomic E-state index is -1.25. The van der Waals surface area contributed by atoms with Crippen molar-refractivity contribution < 1.29 is 19.2 Å². The highest BCUT2D eigenvalue weighted by Crippen LogP contribution is 2.54. The molecule has 8 heteroatoms. The second-order valence-corrected chi connectivity index (χ2v) is 9.42. The number of Topliss-reactive ketones (excluding diaryl/α,β-unsaturated/α-hetero) is 3. The molecule has 0 saturated carbocycles. The smallest absolute Gasteiger partial charge is 0.248 e. The molecule has 2 unspecified atom stereocenters. The van der Waals surface area contributed by atoms with Gasteiger partial charge in [0.1, 0.15) is 0 Å². The number of nitrogens with zero attached hydrogens (tertiary/aromatic N) is 1. The van der Waals surface area contributed by atoms with Crippen molar-refractivity contribution in [3.8, 4) is 0 Å². The molecule has 2 aromatic rings. The molecule has 1 aromatic carbocycles. The molecule has 0 amide bonds. The Balaban J connectivity index is 1.77. The predicted octanol–water partition coefficient (Wildman–Crippen LogP) is 2.69. The zero-order valence-corrected chi connectivity index (χ0v) is 19.1. The Hall–Kier alpha value is -3.65. The number of halogens is 1. The first kappa shape index (κ1) is 20.0. The number of aromatic nitrogens is 1. The fraction of sp³-hybridized carbons (Fsp3) is 0.160. The third kappa shape index (κ3) is 2.36. The number of nitrogens with one attached hydrogen (secondary N) is 1. The van der Waals surface area contributed by atoms with Crippen LogP contribution in [0.25, 0.3) is 5.57 Å². The molecule has 3 aliphatic carbocycles. The lowest BCUT2D eigenvalue weighted by Gasteiger charge is -2.39. The van der Waals surface area contributed by atoms with Gasteiger partial charge in [0.15, 0.2) is 23.1 Å². The van der Waals surface area contributed by atoms with Gasteiger partial charge in [0.25, 0.3) is 0 Å². The number of allylic oxidation sites excluding steroid dienone is 4. The van der Waals surface area contributed by atoms with Crippen LogP contribution >= 0.6 is 15.9 Å². The van der Waals surface area contributed by atoms with Gasteiger partial charge in [0, 0.05) is 47.2 Å². The fourth-order valence-corrected chi connectivity index (χ4v) is 6.01. The van der Waals surface area contributed by atoms with Gasteiger partial charge in [-0.25, -0.2) is 0 Å². The average molecular weight is 503 g/mol. The predicted molar refractivity (Wildman–Crippen MR) is 124 cm³/mol. The number of hydrogen-bond acceptors (Lipinski definition) is 6. The zero-order valence-electron chi connectivity index (χ0n) is 17.5. The number of fused-ring (bicyclic) bond motifs is 7. The Morgan fingerprint density at radius 1 is 0.939 bits per heavy atom. The second kappa shape index (κ2) is 6.45. The summed E-state index contributed by atoms with van der Waals surface area (Å²) >= 11 is 3.19. The van der Waals surface area contributed by atoms with E-state index in [1.54, 1.807) is 14.0 Å². The number of ketones is 4. The first-order valence-electron chi connectivity index (χ1n) is 10.3. The normalized spacial score (nSPS) is 23.2. The maximum Gasteiger partial charge on any atom is 0.248 e. The van der Waals surface area contributed by atoms with E-state index in [4.69, 9.17) is 0 Å². The Kier molecular flexibility index (Phi) is 3.91. The van der Waals surface area contributed by atoms with Gasteiger partial charge in [0.2, 0.25) is 5.56 Å². The second-order valence-electron chi connectivity index (χ2n) is 8.56. The number of rotatable bonds is 0. The van der Waals surface area contributed by atoms with E-state index < -0.39 is 40.7 Å². The molecule has 0 fully saturated rings. The molecule has 2 atom stereocenters. The number of aryl methyl sites for hydroxylation is 1. The summed E-state index contributed by atoms with van der Waals surface area (Å²) in [6, 6.07) is 8.02. The van der Waals surface area contributed by atoms with Crippen molar-refractivity contribution in [2.24, 2.45) is 5.92 Å². The van der Waals surface area contributed by atoms with Crippen LogP contribution in [0, 0.1) is 12.8 Å². The van der Waals surface area contributed by atoms with Crippen LogP contribution in [-0.2, 0) is 9.59 Å². The van der Waals surface area contributed by atoms with Crippen molar-refractivity contribution in [3.63, 3.8) is 0 Å². The highest BCUT2D eigenvalue weighted by atomic mass is 79.9. The van der Waals surface area contributed by atoms with Crippen LogP contribution in [0.1, 0.15) is 32.0 Å². The lowest BCUT2D eigenvalue weighted by molar-refractivity contribution is -0.115. The Morgan fingerprint density at radius 3 is 2.42 bits per heavy atom. The van der Waals surface area contributed by atoms with Gasteiger partial charge < -0.3 is 9.88 Å². The number of anilines is 1. The maximum absolute atomic E-state index is 13.9. The van der Waals surface area contributed by atoms with Crippen molar-refractivity contribution in [2.45, 2.75) is 13.0 Å². The Bertz CT molecular complexity index is 1550. The van der Waals surface area contributed by atoms with E-state index in [2.05, 4.69) is 20.9 Å². The van der Waals surface area contributed by atoms with Gasteiger partial charge in [-0.05, 0) is 40.1 Å². The number of para-hydroxylation sites is 1. The highest BCUT2D eigenvalue weighted by Gasteiger charge is 2.54. The third-order valence-electron chi connectivity index (χ3n) is 6.87. The molecule has 1 aliphatic heterocycles. The van der Waals surface area contributed by atoms with Crippen molar-refractivity contribution >= 4 is 50.3 Å². The summed E-state index contributed by atoms with van der Waals surface area (Å²) in [7, 11) is 1.80. The van der Waals surface area contributed by atoms with E-state index >= 15 is 0 Å². The first-order valence-corrected chi connectivity index (χ1v) is 11.1. The van der Waals surface area contributed by atoms with Crippen molar-refractivity contribution in [2.75, 3.05) is 11.9 Å². The number of pyridine rings is 1. The quantitative estimate of drug-likeness (QED) is 0.555. The lowest BCUT2D eigenvalue weighted by atomic mass is 9.64. The molecular weight excluding hydrogens is 488 g/mol. The average Bonchev–Trinajstić information content (AvgIpc) is 3.07. The summed E-state index contributed by atoms with van der Waals surface area (Å²) in [5, 5.41) is 0. The van der Waals surface area contributed by atoms with Crippen LogP contribution in [0.4, 0.5) is 5.69 Å². The zero-order chi connectivity index (χ0) is 23.3. The minimum Gasteiger partial charge on any atom is -0.363 e. The minimum absolute atomic E-state index is 0.0120. The molecule has 162 valence electrons. The summed E-state index contributed by atoms with van der Waals surface area (Å²) in [6.07, 6.45) is 1.15. The largest absolute Gasteiger partial charge is 0.363 e. The van der Waals surface area contributed by atoms with E-state index in [1.807, 2.05) is 29.2 Å². The van der Waals surface area contributed by atoms with Crippen LogP contribution < -0.4 is 10.5 Å². The molecule has 2 heterocycles. The molecule has 4 aliphatic rings. The number of hydrogen-bond donors (Lipinski definition) is 1. The monoisotopic (exact) mass is 502 g/mol. The number of carbonyl (C=O) groups is 4. The SMILES string of the molecule is Cc1cc(=O)[nH]c2c1C(=O)C1=C3c4ccccc4N(C)C3C3=C(C(=O)C=C(Br)C3=O)C1C2=O. The van der Waals surface area contributed by atoms with E-state index in [-0.39, 0.29) is 32.5 Å². The topological polar surface area (TPSA) is 104 Å². The fourth-order valence-electron chi connectivity index (χ4n) is 5.59. The van der Waals surface area contributed by atoms with Crippen molar-refractivity contribution in [1.29, 1.82) is 0 Å². The molecule has 0 spiro atoms. The summed E-state index contributed by atoms with van der Waals surface area (Å²) in [6.45, 7) is 1.61. The van der Waals surface area contributed by atoms with E-state index in [0.717, 1.165) is 17.3 Å².